The maximum atomic E-state index is 5.94. The Hall–Kier alpha value is -1.27. The molecule has 0 amide bonds. The summed E-state index contributed by atoms with van der Waals surface area (Å²) in [5, 5.41) is 0.786. The number of halogens is 1. The fraction of sp³-hybridized carbons (Fsp3) is 0.0769. The Bertz CT molecular complexity index is 422. The molecule has 70 valence electrons. The fourth-order valence-electron chi connectivity index (χ4n) is 1.51. The predicted molar refractivity (Wildman–Crippen MR) is 62.3 cm³/mol. The van der Waals surface area contributed by atoms with Gasteiger partial charge in [0.25, 0.3) is 0 Å². The molecule has 0 aliphatic heterocycles. The summed E-state index contributed by atoms with van der Waals surface area (Å²) in [6.07, 6.45) is 8.30. The molecule has 14 heavy (non-hydrogen) atoms. The molecule has 0 nitrogen and oxygen atoms in total. The van der Waals surface area contributed by atoms with Crippen LogP contribution >= 0.6 is 11.6 Å². The Morgan fingerprint density at radius 1 is 1.14 bits per heavy atom. The number of allylic oxidation sites excluding steroid dienone is 6. The zero-order chi connectivity index (χ0) is 9.97. The van der Waals surface area contributed by atoms with Crippen molar-refractivity contribution >= 4 is 17.2 Å². The van der Waals surface area contributed by atoms with Crippen molar-refractivity contribution in [3.8, 4) is 0 Å². The molecule has 1 aromatic carbocycles. The minimum absolute atomic E-state index is 0.786. The van der Waals surface area contributed by atoms with Crippen LogP contribution in [0.25, 0.3) is 5.57 Å². The van der Waals surface area contributed by atoms with Gasteiger partial charge in [-0.05, 0) is 35.8 Å². The largest absolute Gasteiger partial charge is 0.0843 e. The highest BCUT2D eigenvalue weighted by Gasteiger charge is 2.02. The maximum absolute atomic E-state index is 5.94. The van der Waals surface area contributed by atoms with E-state index in [4.69, 9.17) is 11.6 Å². The van der Waals surface area contributed by atoms with Gasteiger partial charge in [-0.2, -0.15) is 0 Å². The minimum atomic E-state index is 0.786. The number of rotatable bonds is 1. The molecule has 0 fully saturated rings. The average molecular weight is 203 g/mol. The molecular formula is C13H11Cl. The maximum Gasteiger partial charge on any atom is 0.0412 e. The molecule has 1 aromatic rings. The van der Waals surface area contributed by atoms with Crippen molar-refractivity contribution in [3.63, 3.8) is 0 Å². The first-order chi connectivity index (χ1) is 6.77. The van der Waals surface area contributed by atoms with E-state index in [0.717, 1.165) is 5.02 Å². The summed E-state index contributed by atoms with van der Waals surface area (Å²) < 4.78 is 0. The molecule has 2 rings (SSSR count). The lowest BCUT2D eigenvalue weighted by molar-refractivity contribution is 1.54. The van der Waals surface area contributed by atoms with Gasteiger partial charge in [0.2, 0.25) is 0 Å². The number of hydrogen-bond acceptors (Lipinski definition) is 0. The van der Waals surface area contributed by atoms with Gasteiger partial charge in [-0.25, -0.2) is 0 Å². The van der Waals surface area contributed by atoms with Crippen molar-refractivity contribution in [2.24, 2.45) is 0 Å². The van der Waals surface area contributed by atoms with E-state index in [0.29, 0.717) is 0 Å². The average Bonchev–Trinajstić information content (AvgIpc) is 2.69. The molecule has 0 radical (unpaired) electrons. The molecule has 1 aliphatic carbocycles. The molecule has 1 heteroatoms. The minimum Gasteiger partial charge on any atom is -0.0843 e. The molecule has 0 aromatic heterocycles. The highest BCUT2D eigenvalue weighted by Crippen LogP contribution is 2.24. The van der Waals surface area contributed by atoms with Crippen LogP contribution in [-0.2, 0) is 0 Å². The van der Waals surface area contributed by atoms with Crippen molar-refractivity contribution in [1.29, 1.82) is 0 Å². The third kappa shape index (κ3) is 1.80. The van der Waals surface area contributed by atoms with E-state index < -0.39 is 0 Å². The predicted octanol–water partition coefficient (Wildman–Crippen LogP) is 4.24. The van der Waals surface area contributed by atoms with Crippen LogP contribution in [0, 0.1) is 0 Å². The highest BCUT2D eigenvalue weighted by atomic mass is 35.5. The normalized spacial score (nSPS) is 13.7. The fourth-order valence-corrected chi connectivity index (χ4v) is 1.70. The zero-order valence-electron chi connectivity index (χ0n) is 8.00. The lowest BCUT2D eigenvalue weighted by Gasteiger charge is -2.04. The van der Waals surface area contributed by atoms with Gasteiger partial charge in [0.1, 0.15) is 0 Å². The molecule has 0 bridgehead atoms. The molecule has 1 aliphatic rings. The third-order valence-electron chi connectivity index (χ3n) is 2.35. The van der Waals surface area contributed by atoms with Crippen LogP contribution < -0.4 is 0 Å². The summed E-state index contributed by atoms with van der Waals surface area (Å²) in [4.78, 5) is 0. The van der Waals surface area contributed by atoms with Gasteiger partial charge in [-0.15, -0.1) is 0 Å². The van der Waals surface area contributed by atoms with Gasteiger partial charge in [0.05, 0.1) is 0 Å². The number of benzene rings is 1. The van der Waals surface area contributed by atoms with Crippen LogP contribution in [0.3, 0.4) is 0 Å². The lowest BCUT2D eigenvalue weighted by Crippen LogP contribution is -1.82. The van der Waals surface area contributed by atoms with E-state index in [2.05, 4.69) is 25.1 Å². The molecule has 0 saturated heterocycles. The van der Waals surface area contributed by atoms with Crippen LogP contribution in [0.2, 0.25) is 5.02 Å². The first kappa shape index (κ1) is 9.29. The van der Waals surface area contributed by atoms with Crippen LogP contribution in [0.4, 0.5) is 0 Å². The Kier molecular flexibility index (Phi) is 2.55. The summed E-state index contributed by atoms with van der Waals surface area (Å²) in [6.45, 7) is 2.11. The molecule has 0 saturated carbocycles. The van der Waals surface area contributed by atoms with E-state index in [1.54, 1.807) is 0 Å². The molecule has 0 spiro atoms. The quantitative estimate of drug-likeness (QED) is 0.639. The second-order valence-corrected chi connectivity index (χ2v) is 3.75. The van der Waals surface area contributed by atoms with Crippen LogP contribution in [0.15, 0.2) is 54.1 Å². The molecule has 0 unspecified atom stereocenters. The summed E-state index contributed by atoms with van der Waals surface area (Å²) in [5.41, 5.74) is 3.70. The van der Waals surface area contributed by atoms with Crippen LogP contribution in [-0.4, -0.2) is 0 Å². The summed E-state index contributed by atoms with van der Waals surface area (Å²) in [7, 11) is 0. The first-order valence-electron chi connectivity index (χ1n) is 4.59. The van der Waals surface area contributed by atoms with Gasteiger partial charge in [0, 0.05) is 5.02 Å². The molecule has 0 N–H and O–H groups in total. The summed E-state index contributed by atoms with van der Waals surface area (Å²) in [6, 6.07) is 7.94. The van der Waals surface area contributed by atoms with E-state index in [9.17, 15) is 0 Å². The Morgan fingerprint density at radius 2 is 1.86 bits per heavy atom. The Balaban J connectivity index is 2.45. The van der Waals surface area contributed by atoms with Gasteiger partial charge in [-0.1, -0.05) is 48.0 Å². The van der Waals surface area contributed by atoms with Crippen LogP contribution in [0.1, 0.15) is 12.5 Å². The van der Waals surface area contributed by atoms with Gasteiger partial charge in [-0.3, -0.25) is 0 Å². The van der Waals surface area contributed by atoms with Gasteiger partial charge in [0.15, 0.2) is 0 Å². The van der Waals surface area contributed by atoms with E-state index in [1.165, 1.54) is 16.7 Å². The van der Waals surface area contributed by atoms with Crippen molar-refractivity contribution in [1.82, 2.24) is 0 Å². The first-order valence-corrected chi connectivity index (χ1v) is 4.97. The molecule has 0 heterocycles. The van der Waals surface area contributed by atoms with Crippen molar-refractivity contribution < 1.29 is 0 Å². The van der Waals surface area contributed by atoms with Crippen molar-refractivity contribution in [2.75, 3.05) is 0 Å². The second-order valence-electron chi connectivity index (χ2n) is 3.31. The van der Waals surface area contributed by atoms with E-state index >= 15 is 0 Å². The molecule has 0 atom stereocenters. The topological polar surface area (TPSA) is 0 Å². The molecular weight excluding hydrogens is 192 g/mol. The smallest absolute Gasteiger partial charge is 0.0412 e. The van der Waals surface area contributed by atoms with Crippen LogP contribution in [0.5, 0.6) is 0 Å². The standard InChI is InChI=1S/C13H11Cl/c1-10(11-5-2-3-6-11)12-7-4-8-13(14)9-12/h2-9H,1H3. The lowest BCUT2D eigenvalue weighted by atomic mass is 10.0. The second kappa shape index (κ2) is 3.85. The van der Waals surface area contributed by atoms with Gasteiger partial charge >= 0.3 is 0 Å². The van der Waals surface area contributed by atoms with Crippen molar-refractivity contribution in [2.45, 2.75) is 6.92 Å². The Labute approximate surface area is 89.2 Å². The monoisotopic (exact) mass is 202 g/mol. The summed E-state index contributed by atoms with van der Waals surface area (Å²) >= 11 is 5.94. The highest BCUT2D eigenvalue weighted by molar-refractivity contribution is 6.30. The van der Waals surface area contributed by atoms with E-state index in [1.807, 2.05) is 30.4 Å². The SMILES string of the molecule is CC(=C1C=CC=C1)c1cccc(Cl)c1. The third-order valence-corrected chi connectivity index (χ3v) is 2.59. The van der Waals surface area contributed by atoms with Gasteiger partial charge < -0.3 is 0 Å². The van der Waals surface area contributed by atoms with Crippen molar-refractivity contribution in [3.05, 3.63) is 64.7 Å². The Morgan fingerprint density at radius 3 is 2.50 bits per heavy atom. The zero-order valence-corrected chi connectivity index (χ0v) is 8.75. The number of hydrogen-bond donors (Lipinski definition) is 0. The summed E-state index contributed by atoms with van der Waals surface area (Å²) in [5.74, 6) is 0. The van der Waals surface area contributed by atoms with E-state index in [-0.39, 0.29) is 0 Å².